The van der Waals surface area contributed by atoms with Crippen molar-refractivity contribution < 1.29 is 4.74 Å². The van der Waals surface area contributed by atoms with Gasteiger partial charge in [0.05, 0.1) is 13.3 Å². The second-order valence-corrected chi connectivity index (χ2v) is 3.66. The van der Waals surface area contributed by atoms with Gasteiger partial charge >= 0.3 is 0 Å². The molecule has 6 nitrogen and oxygen atoms in total. The Balaban J connectivity index is 2.21. The van der Waals surface area contributed by atoms with Gasteiger partial charge in [-0.3, -0.25) is 9.78 Å². The Morgan fingerprint density at radius 1 is 1.60 bits per heavy atom. The number of aromatic nitrogens is 4. The summed E-state index contributed by atoms with van der Waals surface area (Å²) in [5.41, 5.74) is -0.278. The van der Waals surface area contributed by atoms with E-state index < -0.39 is 0 Å². The fourth-order valence-corrected chi connectivity index (χ4v) is 1.51. The average molecular weight is 206 g/mol. The molecule has 0 atom stereocenters. The van der Waals surface area contributed by atoms with E-state index in [1.807, 2.05) is 0 Å². The highest BCUT2D eigenvalue weighted by molar-refractivity contribution is 5.31. The van der Waals surface area contributed by atoms with Crippen LogP contribution in [0.4, 0.5) is 0 Å². The summed E-state index contributed by atoms with van der Waals surface area (Å²) in [6.07, 6.45) is 3.82. The number of methoxy groups -OCH3 is 1. The first-order chi connectivity index (χ1) is 7.28. The van der Waals surface area contributed by atoms with Gasteiger partial charge in [-0.1, -0.05) is 0 Å². The summed E-state index contributed by atoms with van der Waals surface area (Å²) < 4.78 is 6.46. The number of nitrogens with one attached hydrogen (secondary N) is 1. The van der Waals surface area contributed by atoms with Crippen molar-refractivity contribution in [2.45, 2.75) is 18.8 Å². The Morgan fingerprint density at radius 3 is 3.07 bits per heavy atom. The predicted octanol–water partition coefficient (Wildman–Crippen LogP) is 0.304. The van der Waals surface area contributed by atoms with Gasteiger partial charge < -0.3 is 4.74 Å². The highest BCUT2D eigenvalue weighted by Gasteiger charge is 2.28. The molecule has 0 radical (unpaired) electrons. The van der Waals surface area contributed by atoms with E-state index in [0.717, 1.165) is 18.7 Å². The number of fused-ring (bicyclic) bond motifs is 1. The fraction of sp³-hybridized carbons (Fsp3) is 0.444. The van der Waals surface area contributed by atoms with Crippen molar-refractivity contribution >= 4 is 5.78 Å². The molecule has 1 fully saturated rings. The summed E-state index contributed by atoms with van der Waals surface area (Å²) >= 11 is 0. The van der Waals surface area contributed by atoms with E-state index >= 15 is 0 Å². The van der Waals surface area contributed by atoms with Gasteiger partial charge in [-0.15, -0.1) is 5.10 Å². The number of hydrogen-bond donors (Lipinski definition) is 1. The third-order valence-corrected chi connectivity index (χ3v) is 2.50. The van der Waals surface area contributed by atoms with Crippen LogP contribution in [0.5, 0.6) is 5.75 Å². The predicted molar refractivity (Wildman–Crippen MR) is 52.1 cm³/mol. The number of hydrogen-bond acceptors (Lipinski definition) is 4. The van der Waals surface area contributed by atoms with E-state index in [2.05, 4.69) is 15.1 Å². The van der Waals surface area contributed by atoms with Crippen molar-refractivity contribution in [3.05, 3.63) is 22.4 Å². The molecule has 15 heavy (non-hydrogen) atoms. The zero-order chi connectivity index (χ0) is 10.4. The molecule has 0 aromatic carbocycles. The second kappa shape index (κ2) is 2.82. The molecule has 6 heteroatoms. The number of nitrogens with zero attached hydrogens (tertiary/aromatic N) is 3. The zero-order valence-corrected chi connectivity index (χ0v) is 8.23. The topological polar surface area (TPSA) is 72.3 Å². The second-order valence-electron chi connectivity index (χ2n) is 3.66. The van der Waals surface area contributed by atoms with Gasteiger partial charge in [-0.25, -0.2) is 4.52 Å². The first-order valence-electron chi connectivity index (χ1n) is 4.81. The van der Waals surface area contributed by atoms with Crippen molar-refractivity contribution in [2.75, 3.05) is 7.11 Å². The van der Waals surface area contributed by atoms with Crippen LogP contribution < -0.4 is 10.3 Å². The Kier molecular flexibility index (Phi) is 1.59. The maximum Gasteiger partial charge on any atom is 0.294 e. The molecule has 1 N–H and O–H groups in total. The van der Waals surface area contributed by atoms with Crippen LogP contribution in [0.2, 0.25) is 0 Å². The van der Waals surface area contributed by atoms with Gasteiger partial charge in [-0.05, 0) is 12.8 Å². The molecule has 2 aromatic heterocycles. The summed E-state index contributed by atoms with van der Waals surface area (Å²) in [5, 5.41) is 4.28. The Hall–Kier alpha value is -1.85. The molecule has 0 unspecified atom stereocenters. The lowest BCUT2D eigenvalue weighted by molar-refractivity contribution is 0.404. The van der Waals surface area contributed by atoms with E-state index in [1.165, 1.54) is 7.11 Å². The molecule has 0 saturated heterocycles. The number of aromatic amines is 1. The third kappa shape index (κ3) is 1.29. The van der Waals surface area contributed by atoms with E-state index in [1.54, 1.807) is 10.7 Å². The molecule has 3 rings (SSSR count). The van der Waals surface area contributed by atoms with Crippen LogP contribution in [0, 0.1) is 0 Å². The molecule has 1 saturated carbocycles. The van der Waals surface area contributed by atoms with Gasteiger partial charge in [0.25, 0.3) is 5.56 Å². The molecule has 0 amide bonds. The SMILES string of the molecule is COc1cn2nc(C3CC3)nc2[nH]c1=O. The van der Waals surface area contributed by atoms with E-state index in [4.69, 9.17) is 4.74 Å². The van der Waals surface area contributed by atoms with Crippen molar-refractivity contribution in [3.63, 3.8) is 0 Å². The maximum atomic E-state index is 11.4. The van der Waals surface area contributed by atoms with Gasteiger partial charge in [0, 0.05) is 5.92 Å². The fourth-order valence-electron chi connectivity index (χ4n) is 1.51. The Bertz CT molecular complexity index is 567. The van der Waals surface area contributed by atoms with Crippen LogP contribution in [0.15, 0.2) is 11.0 Å². The quantitative estimate of drug-likeness (QED) is 0.767. The number of ether oxygens (including phenoxy) is 1. The van der Waals surface area contributed by atoms with Crippen LogP contribution in [-0.2, 0) is 0 Å². The van der Waals surface area contributed by atoms with Crippen molar-refractivity contribution in [2.24, 2.45) is 0 Å². The molecular formula is C9H10N4O2. The van der Waals surface area contributed by atoms with Gasteiger partial charge in [0.15, 0.2) is 5.82 Å². The first kappa shape index (κ1) is 8.46. The average Bonchev–Trinajstić information content (AvgIpc) is 2.99. The molecule has 1 aliphatic carbocycles. The van der Waals surface area contributed by atoms with E-state index in [0.29, 0.717) is 11.7 Å². The number of H-pyrrole nitrogens is 1. The standard InChI is InChI=1S/C9H10N4O2/c1-15-6-4-13-9(11-8(6)14)10-7(12-13)5-2-3-5/h4-5H,2-3H2,1H3,(H,10,11,12,14). The molecule has 0 bridgehead atoms. The summed E-state index contributed by atoms with van der Waals surface area (Å²) in [6.45, 7) is 0. The molecular weight excluding hydrogens is 196 g/mol. The van der Waals surface area contributed by atoms with Crippen LogP contribution in [0.3, 0.4) is 0 Å². The van der Waals surface area contributed by atoms with Crippen LogP contribution in [0.25, 0.3) is 5.78 Å². The van der Waals surface area contributed by atoms with Gasteiger partial charge in [0.1, 0.15) is 0 Å². The monoisotopic (exact) mass is 206 g/mol. The first-order valence-corrected chi connectivity index (χ1v) is 4.81. The third-order valence-electron chi connectivity index (χ3n) is 2.50. The summed E-state index contributed by atoms with van der Waals surface area (Å²) in [4.78, 5) is 18.3. The molecule has 2 aromatic rings. The van der Waals surface area contributed by atoms with Crippen LogP contribution in [0.1, 0.15) is 24.6 Å². The summed E-state index contributed by atoms with van der Waals surface area (Å²) in [6, 6.07) is 0. The van der Waals surface area contributed by atoms with Crippen LogP contribution in [-0.4, -0.2) is 26.7 Å². The van der Waals surface area contributed by atoms with E-state index in [9.17, 15) is 4.79 Å². The highest BCUT2D eigenvalue weighted by atomic mass is 16.5. The Labute approximate surface area is 84.9 Å². The lowest BCUT2D eigenvalue weighted by Crippen LogP contribution is -2.11. The minimum atomic E-state index is -0.278. The minimum Gasteiger partial charge on any atom is -0.490 e. The largest absolute Gasteiger partial charge is 0.490 e. The lowest BCUT2D eigenvalue weighted by atomic mass is 10.4. The van der Waals surface area contributed by atoms with E-state index in [-0.39, 0.29) is 11.3 Å². The number of rotatable bonds is 2. The molecule has 1 aliphatic rings. The minimum absolute atomic E-state index is 0.245. The maximum absolute atomic E-state index is 11.4. The smallest absolute Gasteiger partial charge is 0.294 e. The van der Waals surface area contributed by atoms with Crippen molar-refractivity contribution in [1.29, 1.82) is 0 Å². The summed E-state index contributed by atoms with van der Waals surface area (Å²) in [7, 11) is 1.45. The summed E-state index contributed by atoms with van der Waals surface area (Å²) in [5.74, 6) is 2.00. The molecule has 0 spiro atoms. The normalized spacial score (nSPS) is 15.8. The molecule has 2 heterocycles. The lowest BCUT2D eigenvalue weighted by Gasteiger charge is -1.96. The van der Waals surface area contributed by atoms with Crippen molar-refractivity contribution in [3.8, 4) is 5.75 Å². The Morgan fingerprint density at radius 2 is 2.40 bits per heavy atom. The van der Waals surface area contributed by atoms with Crippen molar-refractivity contribution in [1.82, 2.24) is 19.6 Å². The van der Waals surface area contributed by atoms with Crippen LogP contribution >= 0.6 is 0 Å². The molecule has 0 aliphatic heterocycles. The van der Waals surface area contributed by atoms with Gasteiger partial charge in [-0.2, -0.15) is 4.98 Å². The zero-order valence-electron chi connectivity index (χ0n) is 8.23. The molecule has 78 valence electrons. The highest BCUT2D eigenvalue weighted by Crippen LogP contribution is 2.37. The van der Waals surface area contributed by atoms with Gasteiger partial charge in [0.2, 0.25) is 11.5 Å².